The van der Waals surface area contributed by atoms with Gasteiger partial charge in [-0.3, -0.25) is 4.79 Å². The monoisotopic (exact) mass is 312 g/mol. The quantitative estimate of drug-likeness (QED) is 0.902. The van der Waals surface area contributed by atoms with Gasteiger partial charge in [-0.2, -0.15) is 0 Å². The van der Waals surface area contributed by atoms with Crippen molar-refractivity contribution in [1.82, 2.24) is 4.90 Å². The second-order valence-electron chi connectivity index (χ2n) is 6.98. The maximum Gasteiger partial charge on any atom is 0.226 e. The molecule has 2 aliphatic heterocycles. The highest BCUT2D eigenvalue weighted by atomic mass is 16.3. The number of carbonyl (C=O) groups is 1. The summed E-state index contributed by atoms with van der Waals surface area (Å²) in [5, 5.41) is 13.3. The van der Waals surface area contributed by atoms with Crippen molar-refractivity contribution in [3.63, 3.8) is 0 Å². The van der Waals surface area contributed by atoms with Gasteiger partial charge in [-0.1, -0.05) is 18.2 Å². The summed E-state index contributed by atoms with van der Waals surface area (Å²) in [6, 6.07) is 6.52. The SMILES string of the molecule is C/C=C/c1ccc2c(c1)[C@H]1[C@H](CCN1C(=O)C1CC1)[C@@H](CO)N2. The van der Waals surface area contributed by atoms with Gasteiger partial charge in [-0.25, -0.2) is 0 Å². The van der Waals surface area contributed by atoms with Crippen LogP contribution in [0.2, 0.25) is 0 Å². The van der Waals surface area contributed by atoms with Crippen molar-refractivity contribution in [1.29, 1.82) is 0 Å². The van der Waals surface area contributed by atoms with Crippen LogP contribution in [0.5, 0.6) is 0 Å². The Morgan fingerprint density at radius 2 is 2.22 bits per heavy atom. The number of nitrogens with one attached hydrogen (secondary N) is 1. The van der Waals surface area contributed by atoms with Crippen molar-refractivity contribution >= 4 is 17.7 Å². The Balaban J connectivity index is 1.75. The fraction of sp³-hybridized carbons (Fsp3) is 0.526. The molecule has 1 aromatic carbocycles. The number of aliphatic hydroxyl groups is 1. The molecule has 3 atom stereocenters. The summed E-state index contributed by atoms with van der Waals surface area (Å²) in [5.74, 6) is 0.868. The van der Waals surface area contributed by atoms with Crippen molar-refractivity contribution in [2.45, 2.75) is 38.3 Å². The fourth-order valence-corrected chi connectivity index (χ4v) is 4.19. The van der Waals surface area contributed by atoms with E-state index in [0.29, 0.717) is 11.8 Å². The molecule has 1 saturated heterocycles. The molecule has 0 aromatic heterocycles. The minimum absolute atomic E-state index is 0.0390. The maximum atomic E-state index is 12.7. The van der Waals surface area contributed by atoms with Crippen molar-refractivity contribution in [3.05, 3.63) is 35.4 Å². The van der Waals surface area contributed by atoms with Crippen molar-refractivity contribution in [2.75, 3.05) is 18.5 Å². The molecule has 2 heterocycles. The first-order valence-corrected chi connectivity index (χ1v) is 8.67. The van der Waals surface area contributed by atoms with Crippen LogP contribution in [0, 0.1) is 11.8 Å². The number of hydrogen-bond acceptors (Lipinski definition) is 3. The van der Waals surface area contributed by atoms with Gasteiger partial charge >= 0.3 is 0 Å². The van der Waals surface area contributed by atoms with Gasteiger partial charge in [0.1, 0.15) is 0 Å². The molecule has 3 aliphatic rings. The number of likely N-dealkylation sites (tertiary alicyclic amines) is 1. The highest BCUT2D eigenvalue weighted by Gasteiger charge is 2.48. The fourth-order valence-electron chi connectivity index (χ4n) is 4.19. The lowest BCUT2D eigenvalue weighted by molar-refractivity contribution is -0.134. The topological polar surface area (TPSA) is 52.6 Å². The molecule has 2 fully saturated rings. The van der Waals surface area contributed by atoms with E-state index in [1.807, 2.05) is 13.0 Å². The number of rotatable bonds is 3. The molecule has 0 bridgehead atoms. The Labute approximate surface area is 137 Å². The Hall–Kier alpha value is -1.81. The second-order valence-corrected chi connectivity index (χ2v) is 6.98. The molecule has 1 aliphatic carbocycles. The molecule has 122 valence electrons. The summed E-state index contributed by atoms with van der Waals surface area (Å²) in [6.45, 7) is 2.94. The van der Waals surface area contributed by atoms with E-state index < -0.39 is 0 Å². The number of hydrogen-bond donors (Lipinski definition) is 2. The molecule has 0 radical (unpaired) electrons. The van der Waals surface area contributed by atoms with Crippen LogP contribution in [0.1, 0.15) is 43.4 Å². The molecule has 1 saturated carbocycles. The number of carbonyl (C=O) groups excluding carboxylic acids is 1. The van der Waals surface area contributed by atoms with Crippen LogP contribution in [-0.2, 0) is 4.79 Å². The third kappa shape index (κ3) is 2.45. The maximum absolute atomic E-state index is 12.7. The average Bonchev–Trinajstić information content (AvgIpc) is 3.32. The number of anilines is 1. The van der Waals surface area contributed by atoms with Crippen molar-refractivity contribution < 1.29 is 9.90 Å². The van der Waals surface area contributed by atoms with Gasteiger partial charge in [0.15, 0.2) is 0 Å². The Morgan fingerprint density at radius 1 is 1.39 bits per heavy atom. The molecule has 4 rings (SSSR count). The molecular formula is C19H24N2O2. The molecule has 4 heteroatoms. The number of benzene rings is 1. The first kappa shape index (κ1) is 14.8. The van der Waals surface area contributed by atoms with Crippen molar-refractivity contribution in [2.24, 2.45) is 11.8 Å². The van der Waals surface area contributed by atoms with E-state index in [0.717, 1.165) is 31.5 Å². The largest absolute Gasteiger partial charge is 0.394 e. The first-order valence-electron chi connectivity index (χ1n) is 8.67. The molecule has 1 amide bonds. The predicted molar refractivity (Wildman–Crippen MR) is 90.9 cm³/mol. The van der Waals surface area contributed by atoms with Crippen LogP contribution in [0.3, 0.4) is 0 Å². The average molecular weight is 312 g/mol. The van der Waals surface area contributed by atoms with E-state index >= 15 is 0 Å². The summed E-state index contributed by atoms with van der Waals surface area (Å²) >= 11 is 0. The minimum atomic E-state index is 0.0390. The van der Waals surface area contributed by atoms with E-state index in [2.05, 4.69) is 34.5 Å². The lowest BCUT2D eigenvalue weighted by atomic mass is 9.82. The zero-order chi connectivity index (χ0) is 16.0. The summed E-state index contributed by atoms with van der Waals surface area (Å²) in [5.41, 5.74) is 3.44. The number of nitrogens with zero attached hydrogens (tertiary/aromatic N) is 1. The third-order valence-corrected chi connectivity index (χ3v) is 5.46. The van der Waals surface area contributed by atoms with Crippen LogP contribution in [0.15, 0.2) is 24.3 Å². The van der Waals surface area contributed by atoms with Gasteiger partial charge in [-0.15, -0.1) is 0 Å². The predicted octanol–water partition coefficient (Wildman–Crippen LogP) is 2.81. The second kappa shape index (κ2) is 5.68. The van der Waals surface area contributed by atoms with Crippen LogP contribution in [0.25, 0.3) is 6.08 Å². The Morgan fingerprint density at radius 3 is 2.91 bits per heavy atom. The van der Waals surface area contributed by atoms with Gasteiger partial charge in [0.05, 0.1) is 18.7 Å². The highest BCUT2D eigenvalue weighted by Crippen LogP contribution is 2.48. The molecule has 0 unspecified atom stereocenters. The number of fused-ring (bicyclic) bond motifs is 3. The van der Waals surface area contributed by atoms with E-state index in [-0.39, 0.29) is 24.6 Å². The Kier molecular flexibility index (Phi) is 3.64. The lowest BCUT2D eigenvalue weighted by Crippen LogP contribution is -2.43. The van der Waals surface area contributed by atoms with Crippen molar-refractivity contribution in [3.8, 4) is 0 Å². The van der Waals surface area contributed by atoms with E-state index in [9.17, 15) is 9.90 Å². The summed E-state index contributed by atoms with van der Waals surface area (Å²) in [6.07, 6.45) is 7.18. The highest BCUT2D eigenvalue weighted by molar-refractivity contribution is 5.82. The van der Waals surface area contributed by atoms with Crippen LogP contribution in [-0.4, -0.2) is 35.1 Å². The van der Waals surface area contributed by atoms with Crippen LogP contribution < -0.4 is 5.32 Å². The summed E-state index contributed by atoms with van der Waals surface area (Å²) in [7, 11) is 0. The number of allylic oxidation sites excluding steroid dienone is 1. The summed E-state index contributed by atoms with van der Waals surface area (Å²) < 4.78 is 0. The zero-order valence-electron chi connectivity index (χ0n) is 13.5. The van der Waals surface area contributed by atoms with Gasteiger partial charge in [-0.05, 0) is 49.4 Å². The molecule has 4 nitrogen and oxygen atoms in total. The molecule has 0 spiro atoms. The number of amides is 1. The smallest absolute Gasteiger partial charge is 0.226 e. The van der Waals surface area contributed by atoms with E-state index in [1.165, 1.54) is 11.1 Å². The minimum Gasteiger partial charge on any atom is -0.394 e. The van der Waals surface area contributed by atoms with E-state index in [4.69, 9.17) is 0 Å². The normalized spacial score (nSPS) is 29.3. The molecule has 23 heavy (non-hydrogen) atoms. The molecular weight excluding hydrogens is 288 g/mol. The van der Waals surface area contributed by atoms with Crippen LogP contribution in [0.4, 0.5) is 5.69 Å². The first-order chi connectivity index (χ1) is 11.2. The van der Waals surface area contributed by atoms with Gasteiger partial charge in [0.25, 0.3) is 0 Å². The number of aliphatic hydroxyl groups excluding tert-OH is 1. The van der Waals surface area contributed by atoms with E-state index in [1.54, 1.807) is 0 Å². The van der Waals surface area contributed by atoms with Gasteiger partial charge < -0.3 is 15.3 Å². The summed E-state index contributed by atoms with van der Waals surface area (Å²) in [4.78, 5) is 14.8. The molecule has 2 N–H and O–H groups in total. The van der Waals surface area contributed by atoms with Gasteiger partial charge in [0, 0.05) is 24.1 Å². The molecule has 1 aromatic rings. The van der Waals surface area contributed by atoms with Gasteiger partial charge in [0.2, 0.25) is 5.91 Å². The standard InChI is InChI=1S/C19H24N2O2/c1-2-3-12-4-7-16-15(10-12)18-14(17(11-22)20-16)8-9-21(18)19(23)13-5-6-13/h2-4,7,10,13-14,17-18,20,22H,5-6,8-9,11H2,1H3/b3-2+/t14-,17-,18-/m1/s1. The Bertz CT molecular complexity index is 651. The van der Waals surface area contributed by atoms with Crippen LogP contribution >= 0.6 is 0 Å². The lowest BCUT2D eigenvalue weighted by Gasteiger charge is -2.39. The third-order valence-electron chi connectivity index (χ3n) is 5.46. The zero-order valence-corrected chi connectivity index (χ0v) is 13.5.